The topological polar surface area (TPSA) is 17.8 Å². The van der Waals surface area contributed by atoms with Crippen molar-refractivity contribution >= 4 is 23.2 Å². The van der Waals surface area contributed by atoms with Crippen LogP contribution in [0.25, 0.3) is 0 Å². The van der Waals surface area contributed by atoms with Crippen LogP contribution in [0.1, 0.15) is 45.5 Å². The highest BCUT2D eigenvalue weighted by Gasteiger charge is 2.25. The summed E-state index contributed by atoms with van der Waals surface area (Å²) in [6.45, 7) is 11.4. The maximum Gasteiger partial charge on any atom is 0.0847 e. The van der Waals surface area contributed by atoms with Gasteiger partial charge in [-0.05, 0) is 39.0 Å². The Morgan fingerprint density at radius 3 is 2.47 bits per heavy atom. The number of aromatic nitrogens is 2. The molecule has 0 N–H and O–H groups in total. The highest BCUT2D eigenvalue weighted by molar-refractivity contribution is 6.31. The molecule has 0 radical (unpaired) electrons. The fraction of sp³-hybridized carbons (Fsp3) is 0.769. The van der Waals surface area contributed by atoms with E-state index in [1.54, 1.807) is 0 Å². The van der Waals surface area contributed by atoms with E-state index in [1.165, 1.54) is 0 Å². The average Bonchev–Trinajstić information content (AvgIpc) is 2.43. The lowest BCUT2D eigenvalue weighted by Gasteiger charge is -2.26. The zero-order valence-electron chi connectivity index (χ0n) is 11.3. The van der Waals surface area contributed by atoms with Crippen LogP contribution in [0.2, 0.25) is 5.02 Å². The van der Waals surface area contributed by atoms with Gasteiger partial charge in [0, 0.05) is 11.9 Å². The molecule has 1 unspecified atom stereocenters. The molecule has 0 aromatic carbocycles. The van der Waals surface area contributed by atoms with E-state index in [0.717, 1.165) is 35.8 Å². The maximum absolute atomic E-state index is 6.32. The average molecular weight is 277 g/mol. The second-order valence-corrected chi connectivity index (χ2v) is 6.61. The first-order chi connectivity index (χ1) is 7.76. The van der Waals surface area contributed by atoms with Crippen molar-refractivity contribution in [1.29, 1.82) is 0 Å². The van der Waals surface area contributed by atoms with Crippen LogP contribution in [0.4, 0.5) is 0 Å². The monoisotopic (exact) mass is 276 g/mol. The Balaban J connectivity index is 2.94. The van der Waals surface area contributed by atoms with Crippen LogP contribution in [-0.2, 0) is 13.0 Å². The lowest BCUT2D eigenvalue weighted by Crippen LogP contribution is -2.21. The number of hydrogen-bond donors (Lipinski definition) is 0. The first-order valence-electron chi connectivity index (χ1n) is 6.12. The van der Waals surface area contributed by atoms with Crippen molar-refractivity contribution in [2.45, 2.75) is 59.4 Å². The van der Waals surface area contributed by atoms with Gasteiger partial charge in [-0.15, -0.1) is 11.6 Å². The zero-order valence-corrected chi connectivity index (χ0v) is 12.9. The predicted molar refractivity (Wildman–Crippen MR) is 75.1 cm³/mol. The van der Waals surface area contributed by atoms with Gasteiger partial charge in [0.1, 0.15) is 0 Å². The van der Waals surface area contributed by atoms with Crippen LogP contribution >= 0.6 is 23.2 Å². The minimum atomic E-state index is 0.143. The summed E-state index contributed by atoms with van der Waals surface area (Å²) in [5.41, 5.74) is 2.19. The number of hydrogen-bond acceptors (Lipinski definition) is 1. The van der Waals surface area contributed by atoms with Crippen LogP contribution in [-0.4, -0.2) is 15.2 Å². The van der Waals surface area contributed by atoms with Gasteiger partial charge in [-0.25, -0.2) is 0 Å². The molecule has 0 saturated heterocycles. The Morgan fingerprint density at radius 1 is 1.41 bits per heavy atom. The Bertz CT molecular complexity index is 381. The molecule has 1 rings (SSSR count). The van der Waals surface area contributed by atoms with Gasteiger partial charge in [-0.2, -0.15) is 5.10 Å². The quantitative estimate of drug-likeness (QED) is 0.727. The third-order valence-electron chi connectivity index (χ3n) is 2.93. The molecule has 1 heterocycles. The predicted octanol–water partition coefficient (Wildman–Crippen LogP) is 4.45. The van der Waals surface area contributed by atoms with E-state index in [2.05, 4.69) is 25.9 Å². The van der Waals surface area contributed by atoms with E-state index in [1.807, 2.05) is 18.5 Å². The molecule has 2 nitrogen and oxygen atoms in total. The minimum absolute atomic E-state index is 0.143. The molecule has 0 saturated carbocycles. The molecule has 0 bridgehead atoms. The Morgan fingerprint density at radius 2 is 2.00 bits per heavy atom. The number of nitrogens with zero attached hydrogens (tertiary/aromatic N) is 2. The number of aryl methyl sites for hydroxylation is 2. The molecule has 0 aliphatic rings. The SMILES string of the molecule is CCn1nc(C)c(Cl)c1CC(C)(C)CC(C)Cl. The molecular formula is C13H22Cl2N2. The minimum Gasteiger partial charge on any atom is -0.268 e. The zero-order chi connectivity index (χ0) is 13.2. The van der Waals surface area contributed by atoms with Crippen molar-refractivity contribution in [2.24, 2.45) is 5.41 Å². The van der Waals surface area contributed by atoms with Gasteiger partial charge < -0.3 is 0 Å². The highest BCUT2D eigenvalue weighted by atomic mass is 35.5. The van der Waals surface area contributed by atoms with E-state index < -0.39 is 0 Å². The van der Waals surface area contributed by atoms with E-state index in [9.17, 15) is 0 Å². The number of alkyl halides is 1. The molecule has 1 aromatic heterocycles. The molecular weight excluding hydrogens is 255 g/mol. The summed E-state index contributed by atoms with van der Waals surface area (Å²) in [4.78, 5) is 0. The van der Waals surface area contributed by atoms with Crippen LogP contribution in [0.3, 0.4) is 0 Å². The van der Waals surface area contributed by atoms with Gasteiger partial charge in [0.05, 0.1) is 16.4 Å². The molecule has 17 heavy (non-hydrogen) atoms. The lowest BCUT2D eigenvalue weighted by atomic mass is 9.83. The summed E-state index contributed by atoms with van der Waals surface area (Å²) >= 11 is 12.4. The van der Waals surface area contributed by atoms with E-state index in [0.29, 0.717) is 0 Å². The van der Waals surface area contributed by atoms with E-state index in [4.69, 9.17) is 23.2 Å². The maximum atomic E-state index is 6.32. The normalized spacial score (nSPS) is 14.1. The molecule has 0 aliphatic carbocycles. The second-order valence-electron chi connectivity index (χ2n) is 5.49. The van der Waals surface area contributed by atoms with Gasteiger partial charge in [-0.1, -0.05) is 25.4 Å². The highest BCUT2D eigenvalue weighted by Crippen LogP contribution is 2.32. The van der Waals surface area contributed by atoms with E-state index >= 15 is 0 Å². The van der Waals surface area contributed by atoms with Crippen molar-refractivity contribution in [3.63, 3.8) is 0 Å². The number of rotatable bonds is 5. The van der Waals surface area contributed by atoms with Gasteiger partial charge in [0.15, 0.2) is 0 Å². The molecule has 1 aromatic rings. The second kappa shape index (κ2) is 5.62. The molecule has 0 spiro atoms. The molecule has 1 atom stereocenters. The van der Waals surface area contributed by atoms with Crippen molar-refractivity contribution in [3.8, 4) is 0 Å². The first kappa shape index (κ1) is 14.8. The summed E-state index contributed by atoms with van der Waals surface area (Å²) in [5.74, 6) is 0. The molecule has 98 valence electrons. The molecule has 0 amide bonds. The van der Waals surface area contributed by atoms with Crippen LogP contribution < -0.4 is 0 Å². The summed E-state index contributed by atoms with van der Waals surface area (Å²) < 4.78 is 2.00. The van der Waals surface area contributed by atoms with Gasteiger partial charge in [0.25, 0.3) is 0 Å². The summed E-state index contributed by atoms with van der Waals surface area (Å²) in [6, 6.07) is 0. The van der Waals surface area contributed by atoms with Gasteiger partial charge in [0.2, 0.25) is 0 Å². The fourth-order valence-corrected chi connectivity index (χ4v) is 2.94. The molecule has 0 fully saturated rings. The Kier molecular flexibility index (Phi) is 4.91. The van der Waals surface area contributed by atoms with Crippen molar-refractivity contribution in [3.05, 3.63) is 16.4 Å². The van der Waals surface area contributed by atoms with Gasteiger partial charge >= 0.3 is 0 Å². The fourth-order valence-electron chi connectivity index (χ4n) is 2.32. The van der Waals surface area contributed by atoms with Gasteiger partial charge in [-0.3, -0.25) is 4.68 Å². The summed E-state index contributed by atoms with van der Waals surface area (Å²) in [6.07, 6.45) is 1.89. The van der Waals surface area contributed by atoms with Crippen molar-refractivity contribution in [1.82, 2.24) is 9.78 Å². The molecule has 0 aliphatic heterocycles. The lowest BCUT2D eigenvalue weighted by molar-refractivity contribution is 0.321. The summed E-state index contributed by atoms with van der Waals surface area (Å²) in [5, 5.41) is 5.43. The smallest absolute Gasteiger partial charge is 0.0847 e. The van der Waals surface area contributed by atoms with Crippen LogP contribution in [0.5, 0.6) is 0 Å². The summed E-state index contributed by atoms with van der Waals surface area (Å²) in [7, 11) is 0. The Hall–Kier alpha value is -0.210. The third-order valence-corrected chi connectivity index (χ3v) is 3.58. The number of halogens is 2. The largest absolute Gasteiger partial charge is 0.268 e. The third kappa shape index (κ3) is 3.89. The van der Waals surface area contributed by atoms with Crippen LogP contribution in [0, 0.1) is 12.3 Å². The first-order valence-corrected chi connectivity index (χ1v) is 6.94. The standard InChI is InChI=1S/C13H22Cl2N2/c1-6-17-11(12(15)10(3)16-17)8-13(4,5)7-9(2)14/h9H,6-8H2,1-5H3. The van der Waals surface area contributed by atoms with Crippen molar-refractivity contribution in [2.75, 3.05) is 0 Å². The Labute approximate surface area is 114 Å². The van der Waals surface area contributed by atoms with E-state index in [-0.39, 0.29) is 10.8 Å². The van der Waals surface area contributed by atoms with Crippen LogP contribution in [0.15, 0.2) is 0 Å². The van der Waals surface area contributed by atoms with Crippen molar-refractivity contribution < 1.29 is 0 Å². The molecule has 4 heteroatoms.